The van der Waals surface area contributed by atoms with Crippen molar-refractivity contribution in [2.45, 2.75) is 89.8 Å². The number of carbonyl (C=O) groups is 1. The lowest BCUT2D eigenvalue weighted by atomic mass is 9.79. The lowest BCUT2D eigenvalue weighted by molar-refractivity contribution is -0.134. The van der Waals surface area contributed by atoms with Crippen LogP contribution in [0.3, 0.4) is 0 Å². The summed E-state index contributed by atoms with van der Waals surface area (Å²) in [5.74, 6) is 2.84. The molecule has 1 aliphatic carbocycles. The molecule has 4 heteroatoms. The molecule has 0 aromatic rings. The van der Waals surface area contributed by atoms with E-state index in [1.807, 2.05) is 0 Å². The van der Waals surface area contributed by atoms with Gasteiger partial charge >= 0.3 is 0 Å². The second kappa shape index (κ2) is 8.18. The highest BCUT2D eigenvalue weighted by Crippen LogP contribution is 2.34. The van der Waals surface area contributed by atoms with E-state index < -0.39 is 0 Å². The van der Waals surface area contributed by atoms with E-state index >= 15 is 0 Å². The monoisotopic (exact) mass is 361 g/mol. The van der Waals surface area contributed by atoms with Crippen LogP contribution in [0.5, 0.6) is 0 Å². The quantitative estimate of drug-likeness (QED) is 0.835. The highest BCUT2D eigenvalue weighted by molar-refractivity contribution is 5.76. The average Bonchev–Trinajstić information content (AvgIpc) is 3.00. The Hall–Kier alpha value is -0.610. The Kier molecular flexibility index (Phi) is 5.90. The summed E-state index contributed by atoms with van der Waals surface area (Å²) < 4.78 is 0. The van der Waals surface area contributed by atoms with Crippen molar-refractivity contribution in [1.82, 2.24) is 15.1 Å². The minimum absolute atomic E-state index is 0.430. The van der Waals surface area contributed by atoms with Crippen LogP contribution in [-0.2, 0) is 4.79 Å². The molecule has 1 saturated carbocycles. The van der Waals surface area contributed by atoms with Gasteiger partial charge in [-0.2, -0.15) is 0 Å². The summed E-state index contributed by atoms with van der Waals surface area (Å²) >= 11 is 0. The van der Waals surface area contributed by atoms with Gasteiger partial charge in [-0.15, -0.1) is 0 Å². The van der Waals surface area contributed by atoms with Crippen LogP contribution in [-0.4, -0.2) is 60.0 Å². The molecular weight excluding hydrogens is 322 g/mol. The molecule has 1 N–H and O–H groups in total. The summed E-state index contributed by atoms with van der Waals surface area (Å²) in [6.45, 7) is 8.87. The summed E-state index contributed by atoms with van der Waals surface area (Å²) in [5, 5.41) is 3.69. The summed E-state index contributed by atoms with van der Waals surface area (Å²) in [6.07, 6.45) is 11.4. The summed E-state index contributed by atoms with van der Waals surface area (Å²) in [7, 11) is 0. The van der Waals surface area contributed by atoms with Gasteiger partial charge in [-0.1, -0.05) is 13.8 Å². The number of fused-ring (bicyclic) bond motifs is 2. The second-order valence-electron chi connectivity index (χ2n) is 9.91. The first kappa shape index (κ1) is 18.7. The summed E-state index contributed by atoms with van der Waals surface area (Å²) in [6, 6.07) is 2.18. The first-order valence-electron chi connectivity index (χ1n) is 11.4. The molecule has 4 fully saturated rings. The highest BCUT2D eigenvalue weighted by atomic mass is 16.2. The molecule has 3 heterocycles. The molecule has 1 amide bonds. The predicted octanol–water partition coefficient (Wildman–Crippen LogP) is 3.27. The molecule has 2 bridgehead atoms. The van der Waals surface area contributed by atoms with Gasteiger partial charge in [0, 0.05) is 50.7 Å². The maximum Gasteiger partial charge on any atom is 0.222 e. The maximum absolute atomic E-state index is 12.8. The van der Waals surface area contributed by atoms with Gasteiger partial charge in [0.2, 0.25) is 5.91 Å². The van der Waals surface area contributed by atoms with Crippen molar-refractivity contribution in [3.63, 3.8) is 0 Å². The van der Waals surface area contributed by atoms with Crippen LogP contribution in [0.4, 0.5) is 0 Å². The fraction of sp³-hybridized carbons (Fsp3) is 0.955. The van der Waals surface area contributed by atoms with Crippen molar-refractivity contribution in [3.05, 3.63) is 0 Å². The van der Waals surface area contributed by atoms with Gasteiger partial charge < -0.3 is 10.2 Å². The topological polar surface area (TPSA) is 35.6 Å². The fourth-order valence-electron chi connectivity index (χ4n) is 6.19. The normalized spacial score (nSPS) is 38.7. The number of piperidine rings is 1. The van der Waals surface area contributed by atoms with E-state index in [2.05, 4.69) is 29.0 Å². The number of piperazine rings is 1. The van der Waals surface area contributed by atoms with Gasteiger partial charge in [0.05, 0.1) is 0 Å². The number of hydrogen-bond acceptors (Lipinski definition) is 3. The molecule has 26 heavy (non-hydrogen) atoms. The van der Waals surface area contributed by atoms with Gasteiger partial charge in [0.15, 0.2) is 0 Å². The Bertz CT molecular complexity index is 466. The van der Waals surface area contributed by atoms with Crippen LogP contribution in [0.15, 0.2) is 0 Å². The van der Waals surface area contributed by atoms with Crippen LogP contribution < -0.4 is 5.32 Å². The van der Waals surface area contributed by atoms with Crippen LogP contribution in [0.1, 0.15) is 71.6 Å². The number of rotatable bonds is 4. The zero-order valence-corrected chi connectivity index (χ0v) is 17.0. The molecule has 4 rings (SSSR count). The van der Waals surface area contributed by atoms with Crippen LogP contribution >= 0.6 is 0 Å². The molecule has 2 atom stereocenters. The molecule has 0 spiro atoms. The average molecular weight is 362 g/mol. The maximum atomic E-state index is 12.8. The third kappa shape index (κ3) is 4.27. The largest absolute Gasteiger partial charge is 0.340 e. The molecule has 4 nitrogen and oxygen atoms in total. The number of carbonyl (C=O) groups excluding carboxylic acids is 1. The predicted molar refractivity (Wildman–Crippen MR) is 106 cm³/mol. The SMILES string of the molecule is CC(C)C1CCC(N2CCN(C(=O)CC3CC4CCC(C3)N4)CC2)CC1. The molecule has 2 unspecified atom stereocenters. The number of nitrogens with zero attached hydrogens (tertiary/aromatic N) is 2. The van der Waals surface area contributed by atoms with E-state index in [0.717, 1.165) is 50.5 Å². The number of nitrogens with one attached hydrogen (secondary N) is 1. The third-order valence-corrected chi connectivity index (χ3v) is 7.90. The van der Waals surface area contributed by atoms with Crippen molar-refractivity contribution in [2.24, 2.45) is 17.8 Å². The molecule has 0 aromatic heterocycles. The number of hydrogen-bond donors (Lipinski definition) is 1. The Morgan fingerprint density at radius 2 is 1.54 bits per heavy atom. The van der Waals surface area contributed by atoms with Crippen LogP contribution in [0.25, 0.3) is 0 Å². The van der Waals surface area contributed by atoms with Gasteiger partial charge in [0.25, 0.3) is 0 Å². The zero-order chi connectivity index (χ0) is 18.1. The fourth-order valence-corrected chi connectivity index (χ4v) is 6.19. The van der Waals surface area contributed by atoms with Crippen molar-refractivity contribution < 1.29 is 4.79 Å². The lowest BCUT2D eigenvalue weighted by Crippen LogP contribution is -2.53. The summed E-state index contributed by atoms with van der Waals surface area (Å²) in [5.41, 5.74) is 0. The zero-order valence-electron chi connectivity index (χ0n) is 17.0. The molecule has 148 valence electrons. The van der Waals surface area contributed by atoms with E-state index in [0.29, 0.717) is 23.9 Å². The van der Waals surface area contributed by atoms with Crippen molar-refractivity contribution in [3.8, 4) is 0 Å². The van der Waals surface area contributed by atoms with Crippen molar-refractivity contribution in [2.75, 3.05) is 26.2 Å². The van der Waals surface area contributed by atoms with E-state index in [-0.39, 0.29) is 0 Å². The highest BCUT2D eigenvalue weighted by Gasteiger charge is 2.36. The first-order valence-corrected chi connectivity index (χ1v) is 11.4. The minimum Gasteiger partial charge on any atom is -0.340 e. The van der Waals surface area contributed by atoms with Gasteiger partial charge in [-0.25, -0.2) is 0 Å². The van der Waals surface area contributed by atoms with Crippen molar-refractivity contribution >= 4 is 5.91 Å². The molecule has 3 aliphatic heterocycles. The molecule has 0 radical (unpaired) electrons. The molecule has 3 saturated heterocycles. The molecule has 0 aromatic carbocycles. The molecule has 4 aliphatic rings. The van der Waals surface area contributed by atoms with Gasteiger partial charge in [0.1, 0.15) is 0 Å². The van der Waals surface area contributed by atoms with E-state index in [9.17, 15) is 4.79 Å². The summed E-state index contributed by atoms with van der Waals surface area (Å²) in [4.78, 5) is 17.6. The van der Waals surface area contributed by atoms with Crippen molar-refractivity contribution in [1.29, 1.82) is 0 Å². The van der Waals surface area contributed by atoms with E-state index in [1.54, 1.807) is 0 Å². The number of amides is 1. The van der Waals surface area contributed by atoms with Gasteiger partial charge in [-0.3, -0.25) is 9.69 Å². The third-order valence-electron chi connectivity index (χ3n) is 7.90. The Morgan fingerprint density at radius 3 is 2.12 bits per heavy atom. The van der Waals surface area contributed by atoms with E-state index in [4.69, 9.17) is 0 Å². The van der Waals surface area contributed by atoms with Crippen LogP contribution in [0.2, 0.25) is 0 Å². The van der Waals surface area contributed by atoms with Gasteiger partial charge in [-0.05, 0) is 69.1 Å². The Morgan fingerprint density at radius 1 is 0.923 bits per heavy atom. The smallest absolute Gasteiger partial charge is 0.222 e. The Labute approximate surface area is 160 Å². The van der Waals surface area contributed by atoms with Crippen LogP contribution in [0, 0.1) is 17.8 Å². The van der Waals surface area contributed by atoms with E-state index in [1.165, 1.54) is 51.4 Å². The first-order chi connectivity index (χ1) is 12.6. The lowest BCUT2D eigenvalue weighted by Gasteiger charge is -2.43. The molecular formula is C22H39N3O. The Balaban J connectivity index is 1.19. The second-order valence-corrected chi connectivity index (χ2v) is 9.91. The minimum atomic E-state index is 0.430. The standard InChI is InChI=1S/C22H39N3O/c1-16(2)18-3-7-21(8-4-18)24-9-11-25(12-10-24)22(26)15-17-13-19-5-6-20(14-17)23-19/h16-21,23H,3-15H2,1-2H3.